The van der Waals surface area contributed by atoms with Crippen LogP contribution in [-0.4, -0.2) is 29.7 Å². The molecule has 1 N–H and O–H groups in total. The number of Topliss-reactive ketones (excluding diaryl/α,β-unsaturated/α-hetero) is 1. The number of carbonyl (C=O) groups excluding carboxylic acids is 2. The number of hydrogen-bond acceptors (Lipinski definition) is 3. The number of carbonyl (C=O) groups is 2. The monoisotopic (exact) mass is 404 g/mol. The summed E-state index contributed by atoms with van der Waals surface area (Å²) in [6.07, 6.45) is 1.78. The molecule has 4 nitrogen and oxygen atoms in total. The van der Waals surface area contributed by atoms with E-state index in [4.69, 9.17) is 23.2 Å². The van der Waals surface area contributed by atoms with Crippen molar-refractivity contribution in [2.45, 2.75) is 26.3 Å². The normalized spacial score (nSPS) is 17.5. The quantitative estimate of drug-likeness (QED) is 0.709. The SMILES string of the molecule is CC(=O)c1cccc(NC(=O)[C@H]2CCCN(Cc3c(Cl)cccc3Cl)C2)c1. The number of likely N-dealkylation sites (tertiary alicyclic amines) is 1. The fourth-order valence-electron chi connectivity index (χ4n) is 3.38. The minimum atomic E-state index is -0.110. The Kier molecular flexibility index (Phi) is 6.53. The van der Waals surface area contributed by atoms with Crippen LogP contribution in [0.3, 0.4) is 0 Å². The molecule has 2 aromatic rings. The molecule has 0 saturated carbocycles. The van der Waals surface area contributed by atoms with Gasteiger partial charge in [0.2, 0.25) is 5.91 Å². The van der Waals surface area contributed by atoms with E-state index in [2.05, 4.69) is 10.2 Å². The summed E-state index contributed by atoms with van der Waals surface area (Å²) in [5.41, 5.74) is 2.14. The summed E-state index contributed by atoms with van der Waals surface area (Å²) in [6.45, 7) is 3.70. The molecular formula is C21H22Cl2N2O2. The van der Waals surface area contributed by atoms with Crippen molar-refractivity contribution in [3.8, 4) is 0 Å². The molecule has 27 heavy (non-hydrogen) atoms. The third-order valence-electron chi connectivity index (χ3n) is 4.86. The lowest BCUT2D eigenvalue weighted by molar-refractivity contribution is -0.121. The van der Waals surface area contributed by atoms with Crippen LogP contribution in [0, 0.1) is 5.92 Å². The highest BCUT2D eigenvalue weighted by atomic mass is 35.5. The zero-order valence-electron chi connectivity index (χ0n) is 15.2. The summed E-state index contributed by atoms with van der Waals surface area (Å²) in [7, 11) is 0. The number of hydrogen-bond donors (Lipinski definition) is 1. The van der Waals surface area contributed by atoms with E-state index in [1.807, 2.05) is 18.2 Å². The molecule has 0 aromatic heterocycles. The average molecular weight is 405 g/mol. The number of piperidine rings is 1. The fraction of sp³-hybridized carbons (Fsp3) is 0.333. The molecule has 1 amide bonds. The van der Waals surface area contributed by atoms with Gasteiger partial charge in [0.05, 0.1) is 5.92 Å². The van der Waals surface area contributed by atoms with E-state index < -0.39 is 0 Å². The Labute approximate surface area is 169 Å². The molecule has 6 heteroatoms. The first-order chi connectivity index (χ1) is 12.9. The van der Waals surface area contributed by atoms with E-state index in [0.29, 0.717) is 34.4 Å². The topological polar surface area (TPSA) is 49.4 Å². The molecule has 3 rings (SSSR count). The van der Waals surface area contributed by atoms with Gasteiger partial charge in [-0.2, -0.15) is 0 Å². The summed E-state index contributed by atoms with van der Waals surface area (Å²) in [5.74, 6) is -0.154. The van der Waals surface area contributed by atoms with E-state index in [9.17, 15) is 9.59 Å². The zero-order valence-corrected chi connectivity index (χ0v) is 16.7. The standard InChI is InChI=1S/C21H22Cl2N2O2/c1-14(26)15-5-2-7-17(11-15)24-21(27)16-6-4-10-25(12-16)13-18-19(22)8-3-9-20(18)23/h2-3,5,7-9,11,16H,4,6,10,12-13H2,1H3,(H,24,27)/t16-/m0/s1. The molecule has 0 radical (unpaired) electrons. The van der Waals surface area contributed by atoms with Crippen LogP contribution in [-0.2, 0) is 11.3 Å². The highest BCUT2D eigenvalue weighted by Gasteiger charge is 2.26. The van der Waals surface area contributed by atoms with Crippen molar-refractivity contribution in [1.29, 1.82) is 0 Å². The number of halogens is 2. The van der Waals surface area contributed by atoms with Crippen LogP contribution in [0.1, 0.15) is 35.7 Å². The second-order valence-corrected chi connectivity index (χ2v) is 7.72. The molecule has 0 unspecified atom stereocenters. The van der Waals surface area contributed by atoms with Crippen LogP contribution in [0.5, 0.6) is 0 Å². The molecule has 1 atom stereocenters. The molecular weight excluding hydrogens is 383 g/mol. The summed E-state index contributed by atoms with van der Waals surface area (Å²) in [4.78, 5) is 26.4. The van der Waals surface area contributed by atoms with Crippen molar-refractivity contribution < 1.29 is 9.59 Å². The maximum absolute atomic E-state index is 12.7. The third-order valence-corrected chi connectivity index (χ3v) is 5.56. The molecule has 0 spiro atoms. The molecule has 1 aliphatic rings. The number of nitrogens with zero attached hydrogens (tertiary/aromatic N) is 1. The molecule has 1 aliphatic heterocycles. The predicted octanol–water partition coefficient (Wildman–Crippen LogP) is 5.05. The zero-order chi connectivity index (χ0) is 19.4. The largest absolute Gasteiger partial charge is 0.326 e. The predicted molar refractivity (Wildman–Crippen MR) is 110 cm³/mol. The van der Waals surface area contributed by atoms with Crippen molar-refractivity contribution in [3.63, 3.8) is 0 Å². The van der Waals surface area contributed by atoms with Gasteiger partial charge in [-0.25, -0.2) is 0 Å². The van der Waals surface area contributed by atoms with Gasteiger partial charge in [-0.05, 0) is 50.6 Å². The maximum Gasteiger partial charge on any atom is 0.228 e. The molecule has 0 bridgehead atoms. The van der Waals surface area contributed by atoms with E-state index in [-0.39, 0.29) is 17.6 Å². The van der Waals surface area contributed by atoms with Gasteiger partial charge in [0.25, 0.3) is 0 Å². The van der Waals surface area contributed by atoms with Gasteiger partial charge in [-0.3, -0.25) is 14.5 Å². The van der Waals surface area contributed by atoms with Crippen molar-refractivity contribution in [1.82, 2.24) is 4.90 Å². The Hall–Kier alpha value is -1.88. The van der Waals surface area contributed by atoms with E-state index in [1.165, 1.54) is 6.92 Å². The van der Waals surface area contributed by atoms with E-state index in [0.717, 1.165) is 24.9 Å². The van der Waals surface area contributed by atoms with Crippen molar-refractivity contribution >= 4 is 40.6 Å². The van der Waals surface area contributed by atoms with Gasteiger partial charge >= 0.3 is 0 Å². The number of ketones is 1. The van der Waals surface area contributed by atoms with E-state index in [1.54, 1.807) is 24.3 Å². The van der Waals surface area contributed by atoms with Crippen molar-refractivity contribution in [2.24, 2.45) is 5.92 Å². The van der Waals surface area contributed by atoms with Crippen LogP contribution in [0.4, 0.5) is 5.69 Å². The van der Waals surface area contributed by atoms with Gasteiger partial charge in [-0.15, -0.1) is 0 Å². The molecule has 142 valence electrons. The van der Waals surface area contributed by atoms with Gasteiger partial charge in [-0.1, -0.05) is 41.4 Å². The van der Waals surface area contributed by atoms with Crippen LogP contribution < -0.4 is 5.32 Å². The highest BCUT2D eigenvalue weighted by Crippen LogP contribution is 2.28. The minimum absolute atomic E-state index is 0.0217. The Morgan fingerprint density at radius 3 is 2.56 bits per heavy atom. The van der Waals surface area contributed by atoms with Gasteiger partial charge in [0, 0.05) is 39.9 Å². The second-order valence-electron chi connectivity index (χ2n) is 6.90. The lowest BCUT2D eigenvalue weighted by Gasteiger charge is -2.32. The average Bonchev–Trinajstić information content (AvgIpc) is 2.65. The molecule has 1 saturated heterocycles. The van der Waals surface area contributed by atoms with Gasteiger partial charge < -0.3 is 5.32 Å². The molecule has 2 aromatic carbocycles. The first kappa shape index (κ1) is 19.9. The smallest absolute Gasteiger partial charge is 0.228 e. The second kappa shape index (κ2) is 8.87. The first-order valence-electron chi connectivity index (χ1n) is 9.01. The molecule has 1 heterocycles. The lowest BCUT2D eigenvalue weighted by Crippen LogP contribution is -2.40. The number of amides is 1. The highest BCUT2D eigenvalue weighted by molar-refractivity contribution is 6.35. The lowest BCUT2D eigenvalue weighted by atomic mass is 9.96. The Bertz CT molecular complexity index is 834. The number of anilines is 1. The summed E-state index contributed by atoms with van der Waals surface area (Å²) < 4.78 is 0. The van der Waals surface area contributed by atoms with Crippen LogP contribution in [0.25, 0.3) is 0 Å². The van der Waals surface area contributed by atoms with E-state index >= 15 is 0 Å². The van der Waals surface area contributed by atoms with Crippen LogP contribution in [0.2, 0.25) is 10.0 Å². The van der Waals surface area contributed by atoms with Crippen molar-refractivity contribution in [3.05, 3.63) is 63.6 Å². The van der Waals surface area contributed by atoms with Crippen LogP contribution in [0.15, 0.2) is 42.5 Å². The van der Waals surface area contributed by atoms with Crippen molar-refractivity contribution in [2.75, 3.05) is 18.4 Å². The minimum Gasteiger partial charge on any atom is -0.326 e. The Morgan fingerprint density at radius 2 is 1.85 bits per heavy atom. The van der Waals surface area contributed by atoms with Gasteiger partial charge in [0.15, 0.2) is 5.78 Å². The first-order valence-corrected chi connectivity index (χ1v) is 9.76. The Morgan fingerprint density at radius 1 is 1.15 bits per heavy atom. The maximum atomic E-state index is 12.7. The number of nitrogens with one attached hydrogen (secondary N) is 1. The third kappa shape index (κ3) is 5.10. The molecule has 0 aliphatic carbocycles. The number of benzene rings is 2. The number of rotatable bonds is 5. The summed E-state index contributed by atoms with van der Waals surface area (Å²) in [5, 5.41) is 4.24. The Balaban J connectivity index is 1.64. The summed E-state index contributed by atoms with van der Waals surface area (Å²) in [6, 6.07) is 12.5. The van der Waals surface area contributed by atoms with Gasteiger partial charge in [0.1, 0.15) is 0 Å². The van der Waals surface area contributed by atoms with Crippen LogP contribution >= 0.6 is 23.2 Å². The fourth-order valence-corrected chi connectivity index (χ4v) is 3.90. The summed E-state index contributed by atoms with van der Waals surface area (Å²) >= 11 is 12.6. The molecule has 1 fully saturated rings.